The van der Waals surface area contributed by atoms with Crippen LogP contribution in [0, 0.1) is 12.7 Å². The van der Waals surface area contributed by atoms with E-state index in [2.05, 4.69) is 26.2 Å². The van der Waals surface area contributed by atoms with E-state index in [4.69, 9.17) is 5.10 Å². The van der Waals surface area contributed by atoms with E-state index < -0.39 is 5.25 Å². The molecule has 0 aliphatic carbocycles. The number of hydrogen-bond donors (Lipinski definition) is 1. The van der Waals surface area contributed by atoms with E-state index in [0.29, 0.717) is 17.3 Å². The molecule has 6 nitrogen and oxygen atoms in total. The number of halogens is 2. The van der Waals surface area contributed by atoms with Crippen LogP contribution in [0.4, 0.5) is 10.1 Å². The van der Waals surface area contributed by atoms with Gasteiger partial charge in [-0.15, -0.1) is 0 Å². The van der Waals surface area contributed by atoms with Crippen molar-refractivity contribution in [3.05, 3.63) is 99.8 Å². The molecule has 182 valence electrons. The van der Waals surface area contributed by atoms with Crippen LogP contribution in [0.3, 0.4) is 0 Å². The van der Waals surface area contributed by atoms with Gasteiger partial charge >= 0.3 is 0 Å². The molecule has 3 aromatic rings. The molecule has 0 aromatic heterocycles. The molecule has 36 heavy (non-hydrogen) atoms. The smallest absolute Gasteiger partial charge is 0.262 e. The molecule has 0 bridgehead atoms. The van der Waals surface area contributed by atoms with E-state index >= 15 is 0 Å². The number of nitrogens with zero attached hydrogens (tertiary/aromatic N) is 3. The Morgan fingerprint density at radius 2 is 1.92 bits per heavy atom. The summed E-state index contributed by atoms with van der Waals surface area (Å²) in [7, 11) is 0. The van der Waals surface area contributed by atoms with Crippen LogP contribution in [0.25, 0.3) is 0 Å². The van der Waals surface area contributed by atoms with Gasteiger partial charge in [-0.25, -0.2) is 9.40 Å². The summed E-state index contributed by atoms with van der Waals surface area (Å²) in [5, 5.41) is 9.20. The Balaban J connectivity index is 1.36. The number of amidine groups is 1. The fourth-order valence-corrected chi connectivity index (χ4v) is 5.64. The molecule has 3 aromatic carbocycles. The number of carbonyl (C=O) groups is 2. The second-order valence-electron chi connectivity index (χ2n) is 8.63. The molecule has 0 saturated carbocycles. The Morgan fingerprint density at radius 1 is 1.14 bits per heavy atom. The molecule has 2 amide bonds. The summed E-state index contributed by atoms with van der Waals surface area (Å²) in [6, 6.07) is 21.4. The fourth-order valence-electron chi connectivity index (χ4n) is 4.18. The molecule has 0 saturated heterocycles. The summed E-state index contributed by atoms with van der Waals surface area (Å²) in [5.41, 5.74) is 4.37. The zero-order valence-corrected chi connectivity index (χ0v) is 21.7. The van der Waals surface area contributed by atoms with Crippen molar-refractivity contribution in [1.29, 1.82) is 0 Å². The predicted octanol–water partition coefficient (Wildman–Crippen LogP) is 6.07. The highest BCUT2D eigenvalue weighted by molar-refractivity contribution is 9.10. The lowest BCUT2D eigenvalue weighted by Gasteiger charge is -2.23. The summed E-state index contributed by atoms with van der Waals surface area (Å²) < 4.78 is 14.5. The molecule has 0 unspecified atom stereocenters. The van der Waals surface area contributed by atoms with Gasteiger partial charge in [0.25, 0.3) is 5.91 Å². The van der Waals surface area contributed by atoms with Crippen LogP contribution in [-0.2, 0) is 9.59 Å². The number of aryl methyl sites for hydroxylation is 1. The van der Waals surface area contributed by atoms with Gasteiger partial charge in [-0.05, 0) is 60.0 Å². The van der Waals surface area contributed by atoms with E-state index in [-0.39, 0.29) is 30.1 Å². The van der Waals surface area contributed by atoms with Crippen LogP contribution in [-0.4, -0.2) is 33.0 Å². The minimum atomic E-state index is -0.635. The van der Waals surface area contributed by atoms with Crippen LogP contribution in [0.15, 0.2) is 87.4 Å². The average Bonchev–Trinajstić information content (AvgIpc) is 3.44. The van der Waals surface area contributed by atoms with Gasteiger partial charge in [0.05, 0.1) is 11.8 Å². The van der Waals surface area contributed by atoms with Crippen LogP contribution >= 0.6 is 27.7 Å². The molecule has 0 spiro atoms. The monoisotopic (exact) mass is 564 g/mol. The highest BCUT2D eigenvalue weighted by atomic mass is 79.9. The topological polar surface area (TPSA) is 74.1 Å². The van der Waals surface area contributed by atoms with Gasteiger partial charge in [0.15, 0.2) is 5.17 Å². The summed E-state index contributed by atoms with van der Waals surface area (Å²) in [6.07, 6.45) is 0.566. The molecule has 2 heterocycles. The van der Waals surface area contributed by atoms with Crippen LogP contribution < -0.4 is 5.32 Å². The SMILES string of the molecule is Cc1cccc(NC(=O)C[C@H]2SC(N3N=C(c4cccc(Br)c4)C[C@H]3c3ccc(F)cc3)=NC2=O)c1. The molecular weight excluding hydrogens is 543 g/mol. The van der Waals surface area contributed by atoms with E-state index in [1.807, 2.05) is 55.5 Å². The normalized spacial score (nSPS) is 19.3. The van der Waals surface area contributed by atoms with Crippen molar-refractivity contribution < 1.29 is 14.0 Å². The number of anilines is 1. The van der Waals surface area contributed by atoms with Crippen molar-refractivity contribution in [1.82, 2.24) is 5.01 Å². The fraction of sp³-hybridized carbons (Fsp3) is 0.185. The number of nitrogens with one attached hydrogen (secondary N) is 1. The van der Waals surface area contributed by atoms with Gasteiger partial charge in [0, 0.05) is 23.0 Å². The van der Waals surface area contributed by atoms with Gasteiger partial charge in [-0.2, -0.15) is 10.1 Å². The number of benzene rings is 3. The lowest BCUT2D eigenvalue weighted by molar-refractivity contribution is -0.121. The van der Waals surface area contributed by atoms with Gasteiger partial charge in [0.1, 0.15) is 11.1 Å². The molecule has 2 aliphatic rings. The Bertz CT molecular complexity index is 1390. The van der Waals surface area contributed by atoms with E-state index in [0.717, 1.165) is 26.9 Å². The number of amides is 2. The van der Waals surface area contributed by atoms with Crippen molar-refractivity contribution >= 4 is 56.1 Å². The van der Waals surface area contributed by atoms with Crippen molar-refractivity contribution in [3.8, 4) is 0 Å². The van der Waals surface area contributed by atoms with E-state index in [1.54, 1.807) is 17.1 Å². The zero-order valence-electron chi connectivity index (χ0n) is 19.3. The van der Waals surface area contributed by atoms with Crippen molar-refractivity contribution in [2.24, 2.45) is 10.1 Å². The van der Waals surface area contributed by atoms with Crippen LogP contribution in [0.5, 0.6) is 0 Å². The Kier molecular flexibility index (Phi) is 7.02. The van der Waals surface area contributed by atoms with Gasteiger partial charge in [0.2, 0.25) is 5.91 Å². The summed E-state index contributed by atoms with van der Waals surface area (Å²) in [6.45, 7) is 1.95. The highest BCUT2D eigenvalue weighted by Crippen LogP contribution is 2.39. The quantitative estimate of drug-likeness (QED) is 0.408. The number of rotatable bonds is 5. The van der Waals surface area contributed by atoms with Gasteiger partial charge < -0.3 is 5.32 Å². The maximum Gasteiger partial charge on any atom is 0.262 e. The second-order valence-corrected chi connectivity index (χ2v) is 10.7. The second kappa shape index (κ2) is 10.4. The van der Waals surface area contributed by atoms with Gasteiger partial charge in [-0.3, -0.25) is 9.59 Å². The first-order chi connectivity index (χ1) is 17.4. The standard InChI is InChI=1S/C27H22BrFN4O2S/c1-16-4-2-7-21(12-16)30-25(34)15-24-26(35)31-27(36-24)33-23(17-8-10-20(29)11-9-17)14-22(32-33)18-5-3-6-19(28)13-18/h2-13,23-24H,14-15H2,1H3,(H,30,34)/t23-,24+/m0/s1. The predicted molar refractivity (Wildman–Crippen MR) is 145 cm³/mol. The number of hydrazone groups is 1. The molecular formula is C27H22BrFN4O2S. The van der Waals surface area contributed by atoms with E-state index in [1.165, 1.54) is 23.9 Å². The summed E-state index contributed by atoms with van der Waals surface area (Å²) >= 11 is 4.74. The van der Waals surface area contributed by atoms with E-state index in [9.17, 15) is 14.0 Å². The maximum absolute atomic E-state index is 13.6. The first-order valence-corrected chi connectivity index (χ1v) is 13.1. The molecule has 1 N–H and O–H groups in total. The zero-order chi connectivity index (χ0) is 25.2. The Labute approximate surface area is 220 Å². The molecule has 0 radical (unpaired) electrons. The van der Waals surface area contributed by atoms with Crippen LogP contribution in [0.1, 0.15) is 35.6 Å². The molecule has 9 heteroatoms. The lowest BCUT2D eigenvalue weighted by Crippen LogP contribution is -2.25. The molecule has 0 fully saturated rings. The third-order valence-electron chi connectivity index (χ3n) is 5.92. The number of carbonyl (C=O) groups excluding carboxylic acids is 2. The number of thioether (sulfide) groups is 1. The average molecular weight is 565 g/mol. The first kappa shape index (κ1) is 24.4. The highest BCUT2D eigenvalue weighted by Gasteiger charge is 2.39. The largest absolute Gasteiger partial charge is 0.326 e. The first-order valence-electron chi connectivity index (χ1n) is 11.4. The third-order valence-corrected chi connectivity index (χ3v) is 7.56. The molecule has 2 atom stereocenters. The Hall–Kier alpha value is -3.30. The van der Waals surface area contributed by atoms with Crippen molar-refractivity contribution in [2.75, 3.05) is 5.32 Å². The van der Waals surface area contributed by atoms with Crippen molar-refractivity contribution in [2.45, 2.75) is 31.1 Å². The lowest BCUT2D eigenvalue weighted by atomic mass is 9.98. The maximum atomic E-state index is 13.6. The number of hydrogen-bond acceptors (Lipinski definition) is 5. The minimum Gasteiger partial charge on any atom is -0.326 e. The van der Waals surface area contributed by atoms with Crippen LogP contribution in [0.2, 0.25) is 0 Å². The minimum absolute atomic E-state index is 0.00169. The molecule has 5 rings (SSSR count). The van der Waals surface area contributed by atoms with Crippen molar-refractivity contribution in [3.63, 3.8) is 0 Å². The third kappa shape index (κ3) is 5.42. The molecule has 2 aliphatic heterocycles. The Morgan fingerprint density at radius 3 is 2.67 bits per heavy atom. The van der Waals surface area contributed by atoms with Gasteiger partial charge in [-0.1, -0.05) is 64.1 Å². The number of aliphatic imine (C=N–C) groups is 1. The summed E-state index contributed by atoms with van der Waals surface area (Å²) in [4.78, 5) is 29.6. The summed E-state index contributed by atoms with van der Waals surface area (Å²) in [5.74, 6) is -0.935.